The monoisotopic (exact) mass is 478 g/mol. The van der Waals surface area contributed by atoms with Crippen LogP contribution in [0.2, 0.25) is 10.0 Å². The van der Waals surface area contributed by atoms with Gasteiger partial charge in [-0.05, 0) is 58.8 Å². The first-order valence-corrected chi connectivity index (χ1v) is 10.9. The number of fused-ring (bicyclic) bond motifs is 1. The van der Waals surface area contributed by atoms with Crippen LogP contribution in [0.4, 0.5) is 0 Å². The number of hydrogen-bond acceptors (Lipinski definition) is 4. The maximum absolute atomic E-state index is 12.4. The molecule has 0 aliphatic rings. The number of nitrogens with one attached hydrogen (secondary N) is 1. The van der Waals surface area contributed by atoms with Gasteiger partial charge in [0.15, 0.2) is 11.5 Å². The quantitative estimate of drug-likeness (QED) is 0.243. The predicted octanol–water partition coefficient (Wildman–Crippen LogP) is 6.50. The van der Waals surface area contributed by atoms with Crippen LogP contribution < -0.4 is 14.9 Å². The molecule has 1 amide bonds. The number of hydrogen-bond donors (Lipinski definition) is 1. The second-order valence-corrected chi connectivity index (χ2v) is 8.04. The van der Waals surface area contributed by atoms with Crippen LogP contribution in [0.5, 0.6) is 11.5 Å². The molecule has 0 bridgehead atoms. The van der Waals surface area contributed by atoms with E-state index in [0.717, 1.165) is 21.9 Å². The van der Waals surface area contributed by atoms with E-state index in [1.165, 1.54) is 0 Å². The fourth-order valence-electron chi connectivity index (χ4n) is 3.24. The topological polar surface area (TPSA) is 59.9 Å². The SMILES string of the molecule is COc1cc(/C=N\NC(=O)c2ccc3ccccc3c2)ccc1OCc1ccc(Cl)cc1Cl. The molecule has 4 aromatic carbocycles. The summed E-state index contributed by atoms with van der Waals surface area (Å²) in [6.45, 7) is 0.265. The van der Waals surface area contributed by atoms with Crippen LogP contribution >= 0.6 is 23.2 Å². The van der Waals surface area contributed by atoms with Crippen LogP contribution in [0.25, 0.3) is 10.8 Å². The molecule has 33 heavy (non-hydrogen) atoms. The lowest BCUT2D eigenvalue weighted by atomic mass is 10.1. The summed E-state index contributed by atoms with van der Waals surface area (Å²) in [4.78, 5) is 12.4. The summed E-state index contributed by atoms with van der Waals surface area (Å²) in [6.07, 6.45) is 1.54. The number of amides is 1. The zero-order chi connectivity index (χ0) is 23.2. The van der Waals surface area contributed by atoms with Crippen molar-refractivity contribution in [2.24, 2.45) is 5.10 Å². The molecule has 0 spiro atoms. The van der Waals surface area contributed by atoms with Gasteiger partial charge in [-0.3, -0.25) is 4.79 Å². The van der Waals surface area contributed by atoms with Crippen molar-refractivity contribution in [2.45, 2.75) is 6.61 Å². The number of nitrogens with zero attached hydrogens (tertiary/aromatic N) is 1. The highest BCUT2D eigenvalue weighted by Crippen LogP contribution is 2.30. The molecule has 4 aromatic rings. The molecule has 0 atom stereocenters. The highest BCUT2D eigenvalue weighted by Gasteiger charge is 2.09. The molecule has 166 valence electrons. The van der Waals surface area contributed by atoms with E-state index in [-0.39, 0.29) is 12.5 Å². The first-order chi connectivity index (χ1) is 16.0. The van der Waals surface area contributed by atoms with Gasteiger partial charge in [-0.1, -0.05) is 59.6 Å². The summed E-state index contributed by atoms with van der Waals surface area (Å²) in [6, 6.07) is 24.0. The van der Waals surface area contributed by atoms with Crippen molar-refractivity contribution < 1.29 is 14.3 Å². The Bertz CT molecular complexity index is 1340. The third-order valence-electron chi connectivity index (χ3n) is 4.98. The number of hydrazone groups is 1. The molecular formula is C26H20Cl2N2O3. The fourth-order valence-corrected chi connectivity index (χ4v) is 3.70. The summed E-state index contributed by atoms with van der Waals surface area (Å²) in [5.74, 6) is 0.800. The largest absolute Gasteiger partial charge is 0.493 e. The molecular weight excluding hydrogens is 459 g/mol. The van der Waals surface area contributed by atoms with Crippen molar-refractivity contribution in [3.63, 3.8) is 0 Å². The van der Waals surface area contributed by atoms with Crippen molar-refractivity contribution in [3.8, 4) is 11.5 Å². The van der Waals surface area contributed by atoms with E-state index < -0.39 is 0 Å². The molecule has 5 nitrogen and oxygen atoms in total. The average molecular weight is 479 g/mol. The normalized spacial score (nSPS) is 11.0. The van der Waals surface area contributed by atoms with Crippen LogP contribution in [0.15, 0.2) is 84.0 Å². The molecule has 0 aliphatic carbocycles. The average Bonchev–Trinajstić information content (AvgIpc) is 2.83. The Balaban J connectivity index is 1.40. The van der Waals surface area contributed by atoms with Crippen molar-refractivity contribution >= 4 is 46.1 Å². The Hall–Kier alpha value is -3.54. The Kier molecular flexibility index (Phi) is 7.13. The zero-order valence-corrected chi connectivity index (χ0v) is 19.2. The molecule has 0 radical (unpaired) electrons. The molecule has 0 aromatic heterocycles. The van der Waals surface area contributed by atoms with E-state index >= 15 is 0 Å². The Labute approximate surface area is 201 Å². The Morgan fingerprint density at radius 1 is 0.939 bits per heavy atom. The highest BCUT2D eigenvalue weighted by molar-refractivity contribution is 6.35. The van der Waals surface area contributed by atoms with Gasteiger partial charge in [0.05, 0.1) is 13.3 Å². The van der Waals surface area contributed by atoms with E-state index in [1.54, 1.807) is 43.7 Å². The number of benzene rings is 4. The van der Waals surface area contributed by atoms with Gasteiger partial charge in [-0.25, -0.2) is 5.43 Å². The number of halogens is 2. The van der Waals surface area contributed by atoms with Crippen molar-refractivity contribution in [3.05, 3.63) is 106 Å². The maximum Gasteiger partial charge on any atom is 0.271 e. The smallest absolute Gasteiger partial charge is 0.271 e. The van der Waals surface area contributed by atoms with Gasteiger partial charge >= 0.3 is 0 Å². The van der Waals surface area contributed by atoms with E-state index in [9.17, 15) is 4.79 Å². The molecule has 0 fully saturated rings. The standard InChI is InChI=1S/C26H20Cl2N2O3/c1-32-25-12-17(6-11-24(25)33-16-21-9-10-22(27)14-23(21)28)15-29-30-26(31)20-8-7-18-4-2-3-5-19(18)13-20/h2-15H,16H2,1H3,(H,30,31)/b29-15-. The molecule has 0 aliphatic heterocycles. The van der Waals surface area contributed by atoms with Gasteiger partial charge < -0.3 is 9.47 Å². The number of rotatable bonds is 7. The third-order valence-corrected chi connectivity index (χ3v) is 5.56. The summed E-state index contributed by atoms with van der Waals surface area (Å²) < 4.78 is 11.3. The van der Waals surface area contributed by atoms with E-state index in [4.69, 9.17) is 32.7 Å². The molecule has 1 N–H and O–H groups in total. The van der Waals surface area contributed by atoms with E-state index in [1.807, 2.05) is 48.5 Å². The minimum atomic E-state index is -0.288. The van der Waals surface area contributed by atoms with Crippen molar-refractivity contribution in [2.75, 3.05) is 7.11 Å². The number of ether oxygens (including phenoxy) is 2. The summed E-state index contributed by atoms with van der Waals surface area (Å²) in [5, 5.41) is 7.24. The summed E-state index contributed by atoms with van der Waals surface area (Å²) in [7, 11) is 1.56. The maximum atomic E-state index is 12.4. The second kappa shape index (κ2) is 10.4. The van der Waals surface area contributed by atoms with Gasteiger partial charge in [-0.2, -0.15) is 5.10 Å². The van der Waals surface area contributed by atoms with Gasteiger partial charge in [0.25, 0.3) is 5.91 Å². The Morgan fingerprint density at radius 2 is 1.76 bits per heavy atom. The van der Waals surface area contributed by atoms with Crippen LogP contribution in [0.3, 0.4) is 0 Å². The lowest BCUT2D eigenvalue weighted by molar-refractivity contribution is 0.0955. The molecule has 0 heterocycles. The van der Waals surface area contributed by atoms with Crippen molar-refractivity contribution in [1.82, 2.24) is 5.43 Å². The van der Waals surface area contributed by atoms with Gasteiger partial charge in [0.2, 0.25) is 0 Å². The molecule has 0 saturated heterocycles. The lowest BCUT2D eigenvalue weighted by Crippen LogP contribution is -2.17. The first-order valence-electron chi connectivity index (χ1n) is 10.1. The minimum absolute atomic E-state index is 0.265. The molecule has 0 saturated carbocycles. The molecule has 7 heteroatoms. The highest BCUT2D eigenvalue weighted by atomic mass is 35.5. The van der Waals surface area contributed by atoms with E-state index in [0.29, 0.717) is 27.1 Å². The second-order valence-electron chi connectivity index (χ2n) is 7.20. The van der Waals surface area contributed by atoms with Crippen LogP contribution in [-0.4, -0.2) is 19.2 Å². The lowest BCUT2D eigenvalue weighted by Gasteiger charge is -2.12. The third kappa shape index (κ3) is 5.64. The fraction of sp³-hybridized carbons (Fsp3) is 0.0769. The summed E-state index contributed by atoms with van der Waals surface area (Å²) in [5.41, 5.74) is 4.64. The van der Waals surface area contributed by atoms with Gasteiger partial charge in [-0.15, -0.1) is 0 Å². The Morgan fingerprint density at radius 3 is 2.55 bits per heavy atom. The number of methoxy groups -OCH3 is 1. The van der Waals surface area contributed by atoms with Crippen LogP contribution in [-0.2, 0) is 6.61 Å². The van der Waals surface area contributed by atoms with Crippen molar-refractivity contribution in [1.29, 1.82) is 0 Å². The number of carbonyl (C=O) groups excluding carboxylic acids is 1. The number of carbonyl (C=O) groups is 1. The minimum Gasteiger partial charge on any atom is -0.493 e. The predicted molar refractivity (Wildman–Crippen MR) is 133 cm³/mol. The first kappa shape index (κ1) is 22.6. The van der Waals surface area contributed by atoms with Gasteiger partial charge in [0.1, 0.15) is 6.61 Å². The van der Waals surface area contributed by atoms with Crippen LogP contribution in [0, 0.1) is 0 Å². The molecule has 4 rings (SSSR count). The van der Waals surface area contributed by atoms with E-state index in [2.05, 4.69) is 10.5 Å². The van der Waals surface area contributed by atoms with Gasteiger partial charge in [0, 0.05) is 21.2 Å². The van der Waals surface area contributed by atoms with Crippen LogP contribution in [0.1, 0.15) is 21.5 Å². The zero-order valence-electron chi connectivity index (χ0n) is 17.7. The molecule has 0 unspecified atom stereocenters. The summed E-state index contributed by atoms with van der Waals surface area (Å²) >= 11 is 12.1.